The van der Waals surface area contributed by atoms with Crippen molar-refractivity contribution in [3.05, 3.63) is 59.1 Å². The lowest BCUT2D eigenvalue weighted by molar-refractivity contribution is 0.0233. The Bertz CT molecular complexity index is 1860. The Morgan fingerprint density at radius 1 is 1.00 bits per heavy atom. The molecule has 12 nitrogen and oxygen atoms in total. The van der Waals surface area contributed by atoms with Crippen LogP contribution in [-0.4, -0.2) is 104 Å². The summed E-state index contributed by atoms with van der Waals surface area (Å²) >= 11 is 3.65. The quantitative estimate of drug-likeness (QED) is 0.120. The van der Waals surface area contributed by atoms with Crippen molar-refractivity contribution in [2.45, 2.75) is 37.8 Å². The summed E-state index contributed by atoms with van der Waals surface area (Å²) in [4.78, 5) is 28.0. The molecule has 0 amide bonds. The zero-order valence-corrected chi connectivity index (χ0v) is 31.8. The molecule has 0 atom stereocenters. The number of hydrogen-bond donors (Lipinski definition) is 3. The molecule has 0 saturated carbocycles. The highest BCUT2D eigenvalue weighted by Crippen LogP contribution is 2.40. The van der Waals surface area contributed by atoms with Crippen LogP contribution in [-0.2, 0) is 4.74 Å². The second-order valence-electron chi connectivity index (χ2n) is 12.7. The van der Waals surface area contributed by atoms with Gasteiger partial charge in [0.05, 0.1) is 34.4 Å². The van der Waals surface area contributed by atoms with Crippen molar-refractivity contribution in [2.24, 2.45) is 10.7 Å². The molecule has 0 spiro atoms. The Hall–Kier alpha value is -3.90. The molecule has 4 aromatic rings. The molecule has 14 heteroatoms. The van der Waals surface area contributed by atoms with Crippen LogP contribution >= 0.6 is 23.9 Å². The number of fused-ring (bicyclic) bond motifs is 1. The van der Waals surface area contributed by atoms with Crippen molar-refractivity contribution < 1.29 is 9.47 Å². The van der Waals surface area contributed by atoms with E-state index in [2.05, 4.69) is 81.8 Å². The third-order valence-electron chi connectivity index (χ3n) is 9.51. The Labute approximate surface area is 303 Å². The van der Waals surface area contributed by atoms with Crippen molar-refractivity contribution in [3.63, 3.8) is 0 Å². The molecule has 4 N–H and O–H groups in total. The highest BCUT2D eigenvalue weighted by Gasteiger charge is 2.30. The van der Waals surface area contributed by atoms with Crippen LogP contribution in [0.4, 0.5) is 28.8 Å². The first kappa shape index (κ1) is 35.9. The minimum absolute atomic E-state index is 0.388. The third kappa shape index (κ3) is 7.86. The second kappa shape index (κ2) is 16.4. The number of methoxy groups -OCH3 is 2. The number of anilines is 5. The molecule has 2 fully saturated rings. The summed E-state index contributed by atoms with van der Waals surface area (Å²) in [6.07, 6.45) is 13.4. The van der Waals surface area contributed by atoms with Gasteiger partial charge >= 0.3 is 0 Å². The number of aliphatic imine (C=N–C) groups is 1. The molecule has 2 aromatic carbocycles. The van der Waals surface area contributed by atoms with Gasteiger partial charge in [-0.15, -0.1) is 0 Å². The van der Waals surface area contributed by atoms with E-state index in [1.165, 1.54) is 0 Å². The van der Waals surface area contributed by atoms with E-state index in [0.29, 0.717) is 35.3 Å². The molecule has 264 valence electrons. The number of ether oxygens (including phenoxy) is 2. The van der Waals surface area contributed by atoms with E-state index in [0.717, 1.165) is 95.2 Å². The number of nitrogens with one attached hydrogen (secondary N) is 2. The van der Waals surface area contributed by atoms with Crippen LogP contribution in [0.3, 0.4) is 0 Å². The van der Waals surface area contributed by atoms with E-state index in [-0.39, 0.29) is 0 Å². The SMILES string of the molecule is CN=CC(=CN)c1cc(Nc2ncc(Br)c(Nc3ccc4nccnc4c3P(C)C)n2)c(OC)cc1N1CCC(N2CCC(OC)CC2)CC1. The molecule has 0 aliphatic carbocycles. The maximum atomic E-state index is 6.20. The van der Waals surface area contributed by atoms with Crippen LogP contribution in [0.5, 0.6) is 5.75 Å². The smallest absolute Gasteiger partial charge is 0.229 e. The molecule has 4 heterocycles. The molecule has 2 aromatic heterocycles. The van der Waals surface area contributed by atoms with E-state index in [4.69, 9.17) is 20.2 Å². The van der Waals surface area contributed by atoms with Crippen molar-refractivity contribution in [3.8, 4) is 5.75 Å². The Kier molecular flexibility index (Phi) is 11.8. The lowest BCUT2D eigenvalue weighted by atomic mass is 9.96. The molecule has 0 bridgehead atoms. The first-order valence-electron chi connectivity index (χ1n) is 16.9. The number of piperidine rings is 2. The average Bonchev–Trinajstić information content (AvgIpc) is 3.15. The van der Waals surface area contributed by atoms with Crippen LogP contribution < -0.4 is 31.3 Å². The zero-order chi connectivity index (χ0) is 35.2. The fraction of sp³-hybridized carbons (Fsp3) is 0.417. The lowest BCUT2D eigenvalue weighted by Crippen LogP contribution is -2.48. The molecule has 50 heavy (non-hydrogen) atoms. The van der Waals surface area contributed by atoms with Gasteiger partial charge < -0.3 is 35.6 Å². The minimum Gasteiger partial charge on any atom is -0.494 e. The van der Waals surface area contributed by atoms with Gasteiger partial charge in [0, 0.05) is 111 Å². The van der Waals surface area contributed by atoms with Gasteiger partial charge in [-0.2, -0.15) is 4.98 Å². The molecule has 2 aliphatic heterocycles. The maximum Gasteiger partial charge on any atom is 0.229 e. The summed E-state index contributed by atoms with van der Waals surface area (Å²) < 4.78 is 12.3. The summed E-state index contributed by atoms with van der Waals surface area (Å²) in [5.41, 5.74) is 12.4. The van der Waals surface area contributed by atoms with Gasteiger partial charge in [0.2, 0.25) is 5.95 Å². The van der Waals surface area contributed by atoms with E-state index in [1.54, 1.807) is 45.2 Å². The lowest BCUT2D eigenvalue weighted by Gasteiger charge is -2.42. The topological polar surface area (TPSA) is 139 Å². The zero-order valence-electron chi connectivity index (χ0n) is 29.4. The number of hydrogen-bond acceptors (Lipinski definition) is 12. The van der Waals surface area contributed by atoms with Gasteiger partial charge in [0.15, 0.2) is 0 Å². The summed E-state index contributed by atoms with van der Waals surface area (Å²) in [6.45, 7) is 8.49. The predicted molar refractivity (Wildman–Crippen MR) is 211 cm³/mol. The van der Waals surface area contributed by atoms with Crippen LogP contribution in [0, 0.1) is 0 Å². The number of nitrogens with two attached hydrogens (primary N) is 1. The molecular formula is C36H46BrN10O2P. The van der Waals surface area contributed by atoms with Crippen LogP contribution in [0.2, 0.25) is 0 Å². The number of allylic oxidation sites excluding steroid dienone is 1. The summed E-state index contributed by atoms with van der Waals surface area (Å²) in [5, 5.41) is 8.08. The first-order chi connectivity index (χ1) is 24.3. The van der Waals surface area contributed by atoms with E-state index < -0.39 is 7.92 Å². The van der Waals surface area contributed by atoms with Gasteiger partial charge in [-0.25, -0.2) is 4.98 Å². The van der Waals surface area contributed by atoms with E-state index in [1.807, 2.05) is 19.2 Å². The van der Waals surface area contributed by atoms with Crippen molar-refractivity contribution in [1.29, 1.82) is 0 Å². The molecule has 0 unspecified atom stereocenters. The van der Waals surface area contributed by atoms with Gasteiger partial charge in [-0.05, 0) is 73.1 Å². The van der Waals surface area contributed by atoms with E-state index >= 15 is 0 Å². The molecule has 2 aliphatic rings. The Balaban J connectivity index is 1.27. The maximum absolute atomic E-state index is 6.20. The van der Waals surface area contributed by atoms with Gasteiger partial charge in [-0.1, -0.05) is 7.92 Å². The van der Waals surface area contributed by atoms with Gasteiger partial charge in [0.1, 0.15) is 11.6 Å². The number of benzene rings is 2. The fourth-order valence-electron chi connectivity index (χ4n) is 6.96. The average molecular weight is 762 g/mol. The fourth-order valence-corrected chi connectivity index (χ4v) is 8.46. The summed E-state index contributed by atoms with van der Waals surface area (Å²) in [5.74, 6) is 1.71. The molecule has 0 radical (unpaired) electrons. The van der Waals surface area contributed by atoms with E-state index in [9.17, 15) is 0 Å². The molecule has 2 saturated heterocycles. The van der Waals surface area contributed by atoms with Gasteiger partial charge in [0.25, 0.3) is 0 Å². The largest absolute Gasteiger partial charge is 0.494 e. The number of aromatic nitrogens is 4. The molecule has 6 rings (SSSR count). The summed E-state index contributed by atoms with van der Waals surface area (Å²) in [6, 6.07) is 8.72. The predicted octanol–water partition coefficient (Wildman–Crippen LogP) is 6.12. The Morgan fingerprint density at radius 2 is 1.76 bits per heavy atom. The summed E-state index contributed by atoms with van der Waals surface area (Å²) in [7, 11) is 4.76. The number of rotatable bonds is 11. The van der Waals surface area contributed by atoms with Crippen molar-refractivity contribution in [2.75, 3.05) is 76.3 Å². The van der Waals surface area contributed by atoms with Crippen LogP contribution in [0.15, 0.2) is 58.5 Å². The third-order valence-corrected chi connectivity index (χ3v) is 11.4. The van der Waals surface area contributed by atoms with Crippen LogP contribution in [0.1, 0.15) is 31.2 Å². The second-order valence-corrected chi connectivity index (χ2v) is 15.8. The monoisotopic (exact) mass is 760 g/mol. The van der Waals surface area contributed by atoms with Crippen molar-refractivity contribution in [1.82, 2.24) is 24.8 Å². The highest BCUT2D eigenvalue weighted by molar-refractivity contribution is 9.10. The standard InChI is InChI=1S/C36H46BrN10O2P/c1-39-21-23(20-38)26-18-30(32(49-3)19-31(26)47-14-8-24(9-15-47)46-16-10-25(48-2)11-17-46)44-36-42-22-27(37)35(45-36)43-29-7-6-28-33(34(29)50(4)5)41-13-12-40-28/h6-7,12-13,18-22,24-25H,8-11,14-17,38H2,1-5H3,(H2,42,43,44,45). The number of nitrogens with zero attached hydrogens (tertiary/aromatic N) is 7. The number of likely N-dealkylation sites (tertiary alicyclic amines) is 1. The minimum atomic E-state index is -0.502. The number of halogens is 1. The van der Waals surface area contributed by atoms with Crippen molar-refractivity contribution >= 4 is 80.8 Å². The van der Waals surface area contributed by atoms with Gasteiger partial charge in [-0.3, -0.25) is 15.0 Å². The highest BCUT2D eigenvalue weighted by atomic mass is 79.9. The Morgan fingerprint density at radius 3 is 2.44 bits per heavy atom. The van der Waals surface area contributed by atoms with Crippen LogP contribution in [0.25, 0.3) is 16.6 Å². The first-order valence-corrected chi connectivity index (χ1v) is 19.9. The molecular weight excluding hydrogens is 715 g/mol. The normalized spacial score (nSPS) is 16.9.